The van der Waals surface area contributed by atoms with E-state index < -0.39 is 0 Å². The molecule has 0 radical (unpaired) electrons. The van der Waals surface area contributed by atoms with Crippen molar-refractivity contribution >= 4 is 50.7 Å². The second kappa shape index (κ2) is 7.52. The van der Waals surface area contributed by atoms with Crippen molar-refractivity contribution in [1.82, 2.24) is 9.55 Å². The zero-order valence-electron chi connectivity index (χ0n) is 15.6. The number of carbonyl (C=O) groups excluding carboxylic acids is 2. The smallest absolute Gasteiger partial charge is 0.262 e. The molecule has 4 rings (SSSR count). The summed E-state index contributed by atoms with van der Waals surface area (Å²) in [5.41, 5.74) is 2.35. The van der Waals surface area contributed by atoms with Crippen molar-refractivity contribution in [3.05, 3.63) is 50.6 Å². The van der Waals surface area contributed by atoms with E-state index in [0.717, 1.165) is 29.5 Å². The van der Waals surface area contributed by atoms with E-state index in [1.54, 1.807) is 47.2 Å². The van der Waals surface area contributed by atoms with Gasteiger partial charge in [-0.2, -0.15) is 0 Å². The van der Waals surface area contributed by atoms with Gasteiger partial charge in [0, 0.05) is 30.1 Å². The molecule has 28 heavy (non-hydrogen) atoms. The van der Waals surface area contributed by atoms with Crippen LogP contribution >= 0.6 is 23.1 Å². The number of nitrogens with one attached hydrogen (secondary N) is 1. The van der Waals surface area contributed by atoms with Crippen LogP contribution in [-0.4, -0.2) is 27.0 Å². The molecular formula is C20H19N3O3S2. The molecule has 0 fully saturated rings. The van der Waals surface area contributed by atoms with Gasteiger partial charge in [-0.05, 0) is 49.1 Å². The summed E-state index contributed by atoms with van der Waals surface area (Å²) >= 11 is 2.88. The molecule has 8 heteroatoms. The number of hydrogen-bond donors (Lipinski definition) is 1. The van der Waals surface area contributed by atoms with E-state index in [2.05, 4.69) is 10.3 Å². The first-order valence-electron chi connectivity index (χ1n) is 8.99. The highest BCUT2D eigenvalue weighted by molar-refractivity contribution is 7.99. The lowest BCUT2D eigenvalue weighted by Gasteiger charge is -2.08. The van der Waals surface area contributed by atoms with Crippen LogP contribution < -0.4 is 10.9 Å². The average Bonchev–Trinajstić information content (AvgIpc) is 3.24. The largest absolute Gasteiger partial charge is 0.326 e. The van der Waals surface area contributed by atoms with Crippen LogP contribution in [0.3, 0.4) is 0 Å². The minimum atomic E-state index is -0.156. The van der Waals surface area contributed by atoms with Crippen molar-refractivity contribution in [2.24, 2.45) is 7.05 Å². The minimum Gasteiger partial charge on any atom is -0.326 e. The number of hydrogen-bond acceptors (Lipinski definition) is 6. The van der Waals surface area contributed by atoms with E-state index in [1.165, 1.54) is 29.1 Å². The third-order valence-corrected chi connectivity index (χ3v) is 6.98. The summed E-state index contributed by atoms with van der Waals surface area (Å²) in [6.45, 7) is 1.44. The predicted molar refractivity (Wildman–Crippen MR) is 113 cm³/mol. The number of thiophene rings is 1. The molecule has 1 aliphatic carbocycles. The number of anilines is 1. The Hall–Kier alpha value is -2.45. The molecule has 0 atom stereocenters. The van der Waals surface area contributed by atoms with Gasteiger partial charge in [0.1, 0.15) is 4.83 Å². The number of carbonyl (C=O) groups is 2. The zero-order valence-corrected chi connectivity index (χ0v) is 17.2. The normalized spacial score (nSPS) is 12.9. The number of ketones is 1. The third-order valence-electron chi connectivity index (χ3n) is 4.76. The van der Waals surface area contributed by atoms with Crippen LogP contribution in [0.25, 0.3) is 10.2 Å². The summed E-state index contributed by atoms with van der Waals surface area (Å²) in [5.74, 6) is -0.0185. The van der Waals surface area contributed by atoms with Gasteiger partial charge in [0.2, 0.25) is 5.91 Å². The van der Waals surface area contributed by atoms with Crippen LogP contribution in [0.1, 0.15) is 34.1 Å². The quantitative estimate of drug-likeness (QED) is 0.394. The first-order chi connectivity index (χ1) is 13.4. The summed E-state index contributed by atoms with van der Waals surface area (Å²) < 4.78 is 1.55. The summed E-state index contributed by atoms with van der Waals surface area (Å²) in [6, 6.07) is 6.78. The Morgan fingerprint density at radius 2 is 2.00 bits per heavy atom. The maximum absolute atomic E-state index is 12.8. The molecule has 144 valence electrons. The van der Waals surface area contributed by atoms with Crippen molar-refractivity contribution in [3.63, 3.8) is 0 Å². The number of amides is 1. The Labute approximate surface area is 170 Å². The molecule has 1 aromatic carbocycles. The molecule has 0 aliphatic heterocycles. The third kappa shape index (κ3) is 3.49. The molecule has 1 N–H and O–H groups in total. The highest BCUT2D eigenvalue weighted by atomic mass is 32.2. The fourth-order valence-corrected chi connectivity index (χ4v) is 5.56. The van der Waals surface area contributed by atoms with Crippen LogP contribution in [0, 0.1) is 0 Å². The Morgan fingerprint density at radius 3 is 2.71 bits per heavy atom. The van der Waals surface area contributed by atoms with Crippen LogP contribution in [-0.2, 0) is 24.7 Å². The monoisotopic (exact) mass is 413 g/mol. The van der Waals surface area contributed by atoms with E-state index in [0.29, 0.717) is 16.4 Å². The molecule has 3 aromatic rings. The summed E-state index contributed by atoms with van der Waals surface area (Å²) in [7, 11) is 1.71. The second-order valence-electron chi connectivity index (χ2n) is 6.77. The van der Waals surface area contributed by atoms with Gasteiger partial charge in [-0.25, -0.2) is 4.98 Å². The Morgan fingerprint density at radius 1 is 1.25 bits per heavy atom. The van der Waals surface area contributed by atoms with Crippen LogP contribution in [0.15, 0.2) is 34.2 Å². The van der Waals surface area contributed by atoms with Gasteiger partial charge in [-0.1, -0.05) is 11.8 Å². The maximum atomic E-state index is 12.8. The minimum absolute atomic E-state index is 0.0287. The van der Waals surface area contributed by atoms with E-state index in [4.69, 9.17) is 0 Å². The van der Waals surface area contributed by atoms with Crippen molar-refractivity contribution in [2.75, 3.05) is 11.1 Å². The van der Waals surface area contributed by atoms with Gasteiger partial charge in [0.15, 0.2) is 10.9 Å². The Bertz CT molecular complexity index is 1150. The highest BCUT2D eigenvalue weighted by Gasteiger charge is 2.22. The van der Waals surface area contributed by atoms with Gasteiger partial charge in [-0.3, -0.25) is 19.0 Å². The lowest BCUT2D eigenvalue weighted by molar-refractivity contribution is -0.114. The van der Waals surface area contributed by atoms with Gasteiger partial charge < -0.3 is 5.32 Å². The van der Waals surface area contributed by atoms with E-state index in [-0.39, 0.29) is 23.0 Å². The van der Waals surface area contributed by atoms with Gasteiger partial charge in [0.25, 0.3) is 5.56 Å². The van der Waals surface area contributed by atoms with Crippen molar-refractivity contribution < 1.29 is 9.59 Å². The lowest BCUT2D eigenvalue weighted by atomic mass is 10.1. The molecule has 6 nitrogen and oxygen atoms in total. The number of thioether (sulfide) groups is 1. The van der Waals surface area contributed by atoms with E-state index in [1.807, 2.05) is 0 Å². The average molecular weight is 414 g/mol. The molecule has 0 saturated carbocycles. The van der Waals surface area contributed by atoms with Gasteiger partial charge >= 0.3 is 0 Å². The topological polar surface area (TPSA) is 81.1 Å². The molecule has 0 spiro atoms. The number of nitrogens with zero attached hydrogens (tertiary/aromatic N) is 2. The lowest BCUT2D eigenvalue weighted by Crippen LogP contribution is -2.20. The van der Waals surface area contributed by atoms with Crippen molar-refractivity contribution in [3.8, 4) is 0 Å². The summed E-state index contributed by atoms with van der Waals surface area (Å²) in [6.07, 6.45) is 3.08. The number of aromatic nitrogens is 2. The predicted octanol–water partition coefficient (Wildman–Crippen LogP) is 3.42. The Balaban J connectivity index is 1.52. The standard InChI is InChI=1S/C20H19N3O3S2/c1-11(24)21-13-8-6-12(7-9-13)15(25)10-27-20-22-18-17(19(26)23(20)2)14-4-3-5-16(14)28-18/h6-9H,3-5,10H2,1-2H3,(H,21,24). The fourth-order valence-electron chi connectivity index (χ4n) is 3.39. The first kappa shape index (κ1) is 18.9. The SMILES string of the molecule is CC(=O)Nc1ccc(C(=O)CSc2nc3sc4c(c3c(=O)n2C)CCC4)cc1. The van der Waals surface area contributed by atoms with E-state index in [9.17, 15) is 14.4 Å². The molecule has 1 aliphatic rings. The number of Topliss-reactive ketones (excluding diaryl/α,β-unsaturated/α-hetero) is 1. The number of rotatable bonds is 5. The van der Waals surface area contributed by atoms with Crippen molar-refractivity contribution in [1.29, 1.82) is 0 Å². The molecule has 0 saturated heterocycles. The van der Waals surface area contributed by atoms with Gasteiger partial charge in [0.05, 0.1) is 11.1 Å². The number of benzene rings is 1. The van der Waals surface area contributed by atoms with Gasteiger partial charge in [-0.15, -0.1) is 11.3 Å². The molecule has 2 aromatic heterocycles. The molecule has 1 amide bonds. The number of aryl methyl sites for hydroxylation is 2. The number of fused-ring (bicyclic) bond motifs is 3. The van der Waals surface area contributed by atoms with E-state index >= 15 is 0 Å². The van der Waals surface area contributed by atoms with Crippen LogP contribution in [0.2, 0.25) is 0 Å². The highest BCUT2D eigenvalue weighted by Crippen LogP contribution is 2.35. The molecule has 2 heterocycles. The summed E-state index contributed by atoms with van der Waals surface area (Å²) in [4.78, 5) is 43.1. The molecular weight excluding hydrogens is 394 g/mol. The van der Waals surface area contributed by atoms with Crippen LogP contribution in [0.5, 0.6) is 0 Å². The fraction of sp³-hybridized carbons (Fsp3) is 0.300. The Kier molecular flexibility index (Phi) is 5.07. The molecule has 0 bridgehead atoms. The second-order valence-corrected chi connectivity index (χ2v) is 8.79. The molecule has 0 unspecified atom stereocenters. The maximum Gasteiger partial charge on any atom is 0.262 e. The first-order valence-corrected chi connectivity index (χ1v) is 10.8. The van der Waals surface area contributed by atoms with Crippen molar-refractivity contribution in [2.45, 2.75) is 31.3 Å². The van der Waals surface area contributed by atoms with Crippen LogP contribution in [0.4, 0.5) is 5.69 Å². The summed E-state index contributed by atoms with van der Waals surface area (Å²) in [5, 5.41) is 3.98. The zero-order chi connectivity index (χ0) is 19.8.